The van der Waals surface area contributed by atoms with E-state index in [-0.39, 0.29) is 0 Å². The van der Waals surface area contributed by atoms with Gasteiger partial charge in [0, 0.05) is 32.4 Å². The van der Waals surface area contributed by atoms with E-state index < -0.39 is 0 Å². The molecule has 4 nitrogen and oxygen atoms in total. The molecular weight excluding hydrogens is 296 g/mol. The molecule has 1 aromatic heterocycles. The van der Waals surface area contributed by atoms with E-state index in [0.29, 0.717) is 6.04 Å². The van der Waals surface area contributed by atoms with Crippen LogP contribution in [0.1, 0.15) is 42.6 Å². The lowest BCUT2D eigenvalue weighted by molar-refractivity contribution is 0.0931. The Bertz CT molecular complexity index is 600. The van der Waals surface area contributed by atoms with Crippen LogP contribution in [-0.4, -0.2) is 52.5 Å². The number of nitrogens with one attached hydrogen (secondary N) is 1. The number of nitrogens with zero attached hydrogens (tertiary/aromatic N) is 3. The molecule has 0 bridgehead atoms. The largest absolute Gasteiger partial charge is 0.347 e. The van der Waals surface area contributed by atoms with Gasteiger partial charge in [0.15, 0.2) is 0 Å². The van der Waals surface area contributed by atoms with Crippen molar-refractivity contribution in [3.8, 4) is 0 Å². The number of unbranched alkanes of at least 4 members (excludes halogenated alkanes) is 1. The number of hydrogen-bond acceptors (Lipinski definition) is 3. The van der Waals surface area contributed by atoms with E-state index in [9.17, 15) is 0 Å². The molecular formula is C20H30N4. The van der Waals surface area contributed by atoms with Gasteiger partial charge in [-0.25, -0.2) is 4.98 Å². The van der Waals surface area contributed by atoms with Crippen LogP contribution in [0, 0.1) is 6.92 Å². The zero-order chi connectivity index (χ0) is 16.8. The number of aromatic amines is 1. The topological polar surface area (TPSA) is 35.2 Å². The van der Waals surface area contributed by atoms with Gasteiger partial charge < -0.3 is 9.88 Å². The Morgan fingerprint density at radius 3 is 2.71 bits per heavy atom. The van der Waals surface area contributed by atoms with Gasteiger partial charge in [-0.05, 0) is 31.9 Å². The van der Waals surface area contributed by atoms with Crippen molar-refractivity contribution in [3.63, 3.8) is 0 Å². The molecule has 0 aliphatic carbocycles. The van der Waals surface area contributed by atoms with E-state index in [2.05, 4.69) is 57.9 Å². The van der Waals surface area contributed by atoms with E-state index in [4.69, 9.17) is 0 Å². The summed E-state index contributed by atoms with van der Waals surface area (Å²) in [6.07, 6.45) is 7.43. The number of aromatic nitrogens is 2. The van der Waals surface area contributed by atoms with Crippen molar-refractivity contribution in [2.75, 3.05) is 32.7 Å². The van der Waals surface area contributed by atoms with Crippen molar-refractivity contribution in [1.82, 2.24) is 19.8 Å². The second-order valence-corrected chi connectivity index (χ2v) is 6.95. The standard InChI is InChI=1S/C20H30N4/c1-3-4-8-23-9-11-24(12-10-23)20(19-15-21-16-22-19)14-18-7-5-6-17(2)13-18/h5-7,13,15-16,20H,3-4,8-12,14H2,1-2H3,(H,21,22). The fourth-order valence-electron chi connectivity index (χ4n) is 3.63. The lowest BCUT2D eigenvalue weighted by Gasteiger charge is -2.39. The molecule has 1 aliphatic heterocycles. The minimum absolute atomic E-state index is 0.391. The van der Waals surface area contributed by atoms with E-state index in [1.807, 2.05) is 6.20 Å². The first-order chi connectivity index (χ1) is 11.8. The van der Waals surface area contributed by atoms with E-state index in [1.165, 1.54) is 49.3 Å². The Balaban J connectivity index is 1.68. The lowest BCUT2D eigenvalue weighted by atomic mass is 10.00. The third-order valence-corrected chi connectivity index (χ3v) is 5.07. The average molecular weight is 326 g/mol. The predicted molar refractivity (Wildman–Crippen MR) is 99.1 cm³/mol. The molecule has 3 rings (SSSR count). The highest BCUT2D eigenvalue weighted by Gasteiger charge is 2.26. The summed E-state index contributed by atoms with van der Waals surface area (Å²) >= 11 is 0. The minimum Gasteiger partial charge on any atom is -0.347 e. The lowest BCUT2D eigenvalue weighted by Crippen LogP contribution is -2.48. The predicted octanol–water partition coefficient (Wildman–Crippen LogP) is 3.42. The molecule has 0 radical (unpaired) electrons. The van der Waals surface area contributed by atoms with Crippen LogP contribution in [0.2, 0.25) is 0 Å². The van der Waals surface area contributed by atoms with E-state index in [1.54, 1.807) is 6.33 Å². The molecule has 2 aromatic rings. The Morgan fingerprint density at radius 1 is 1.21 bits per heavy atom. The first-order valence-corrected chi connectivity index (χ1v) is 9.26. The van der Waals surface area contributed by atoms with Gasteiger partial charge in [0.05, 0.1) is 18.1 Å². The molecule has 130 valence electrons. The fraction of sp³-hybridized carbons (Fsp3) is 0.550. The molecule has 4 heteroatoms. The van der Waals surface area contributed by atoms with Crippen LogP contribution in [0.15, 0.2) is 36.8 Å². The summed E-state index contributed by atoms with van der Waals surface area (Å²) in [7, 11) is 0. The van der Waals surface area contributed by atoms with E-state index in [0.717, 1.165) is 19.5 Å². The van der Waals surface area contributed by atoms with Crippen LogP contribution >= 0.6 is 0 Å². The Hall–Kier alpha value is -1.65. The third kappa shape index (κ3) is 4.46. The number of H-pyrrole nitrogens is 1. The number of benzene rings is 1. The van der Waals surface area contributed by atoms with Crippen molar-refractivity contribution in [3.05, 3.63) is 53.6 Å². The molecule has 0 amide bonds. The summed E-state index contributed by atoms with van der Waals surface area (Å²) < 4.78 is 0. The summed E-state index contributed by atoms with van der Waals surface area (Å²) in [5.74, 6) is 0. The molecule has 1 aliphatic rings. The third-order valence-electron chi connectivity index (χ3n) is 5.07. The van der Waals surface area contributed by atoms with Crippen molar-refractivity contribution >= 4 is 0 Å². The van der Waals surface area contributed by atoms with Gasteiger partial charge in [0.25, 0.3) is 0 Å². The average Bonchev–Trinajstić information content (AvgIpc) is 3.13. The van der Waals surface area contributed by atoms with Crippen molar-refractivity contribution in [2.45, 2.75) is 39.2 Å². The molecule has 1 atom stereocenters. The van der Waals surface area contributed by atoms with Gasteiger partial charge in [-0.15, -0.1) is 0 Å². The summed E-state index contributed by atoms with van der Waals surface area (Å²) in [6, 6.07) is 9.27. The van der Waals surface area contributed by atoms with Crippen LogP contribution in [-0.2, 0) is 6.42 Å². The molecule has 1 saturated heterocycles. The van der Waals surface area contributed by atoms with Crippen LogP contribution in [0.25, 0.3) is 0 Å². The van der Waals surface area contributed by atoms with Gasteiger partial charge in [0.2, 0.25) is 0 Å². The molecule has 24 heavy (non-hydrogen) atoms. The summed E-state index contributed by atoms with van der Waals surface area (Å²) in [5.41, 5.74) is 3.97. The monoisotopic (exact) mass is 326 g/mol. The van der Waals surface area contributed by atoms with Crippen LogP contribution in [0.3, 0.4) is 0 Å². The fourth-order valence-corrected chi connectivity index (χ4v) is 3.63. The number of imidazole rings is 1. The maximum atomic E-state index is 4.26. The first-order valence-electron chi connectivity index (χ1n) is 9.26. The van der Waals surface area contributed by atoms with Gasteiger partial charge in [-0.2, -0.15) is 0 Å². The van der Waals surface area contributed by atoms with E-state index >= 15 is 0 Å². The highest BCUT2D eigenvalue weighted by molar-refractivity contribution is 5.24. The van der Waals surface area contributed by atoms with Gasteiger partial charge in [-0.1, -0.05) is 43.2 Å². The summed E-state index contributed by atoms with van der Waals surface area (Å²) in [6.45, 7) is 10.3. The van der Waals surface area contributed by atoms with Crippen molar-refractivity contribution < 1.29 is 0 Å². The molecule has 1 unspecified atom stereocenters. The van der Waals surface area contributed by atoms with Crippen LogP contribution in [0.5, 0.6) is 0 Å². The molecule has 1 aromatic carbocycles. The highest BCUT2D eigenvalue weighted by Crippen LogP contribution is 2.25. The second-order valence-electron chi connectivity index (χ2n) is 6.95. The summed E-state index contributed by atoms with van der Waals surface area (Å²) in [4.78, 5) is 12.8. The number of rotatable bonds is 7. The quantitative estimate of drug-likeness (QED) is 0.847. The highest BCUT2D eigenvalue weighted by atomic mass is 15.3. The normalized spacial score (nSPS) is 17.9. The van der Waals surface area contributed by atoms with Gasteiger partial charge in [0.1, 0.15) is 0 Å². The van der Waals surface area contributed by atoms with Gasteiger partial charge >= 0.3 is 0 Å². The number of hydrogen-bond donors (Lipinski definition) is 1. The molecule has 1 N–H and O–H groups in total. The Kier molecular flexibility index (Phi) is 6.05. The molecule has 1 fully saturated rings. The first kappa shape index (κ1) is 17.2. The van der Waals surface area contributed by atoms with Gasteiger partial charge in [-0.3, -0.25) is 4.90 Å². The van der Waals surface area contributed by atoms with Crippen molar-refractivity contribution in [2.24, 2.45) is 0 Å². The molecule has 2 heterocycles. The van der Waals surface area contributed by atoms with Crippen molar-refractivity contribution in [1.29, 1.82) is 0 Å². The Labute approximate surface area is 145 Å². The zero-order valence-electron chi connectivity index (χ0n) is 15.0. The smallest absolute Gasteiger partial charge is 0.0922 e. The SMILES string of the molecule is CCCCN1CCN(C(Cc2cccc(C)c2)c2cnc[nH]2)CC1. The maximum absolute atomic E-state index is 4.26. The minimum atomic E-state index is 0.391. The number of aryl methyl sites for hydroxylation is 1. The second kappa shape index (κ2) is 8.45. The number of piperazine rings is 1. The molecule has 0 spiro atoms. The van der Waals surface area contributed by atoms with Crippen LogP contribution in [0.4, 0.5) is 0 Å². The molecule has 0 saturated carbocycles. The summed E-state index contributed by atoms with van der Waals surface area (Å²) in [5, 5.41) is 0. The Morgan fingerprint density at radius 2 is 2.04 bits per heavy atom. The van der Waals surface area contributed by atoms with Crippen LogP contribution < -0.4 is 0 Å². The maximum Gasteiger partial charge on any atom is 0.0922 e. The zero-order valence-corrected chi connectivity index (χ0v) is 15.0.